The zero-order valence-electron chi connectivity index (χ0n) is 10.2. The molecule has 0 aliphatic rings. The molecule has 0 saturated heterocycles. The van der Waals surface area contributed by atoms with Crippen LogP contribution in [0.2, 0.25) is 0 Å². The van der Waals surface area contributed by atoms with E-state index in [1.54, 1.807) is 0 Å². The van der Waals surface area contributed by atoms with Gasteiger partial charge in [-0.15, -0.1) is 0 Å². The van der Waals surface area contributed by atoms with Crippen molar-refractivity contribution in [3.8, 4) is 0 Å². The lowest BCUT2D eigenvalue weighted by Crippen LogP contribution is -2.09. The fraction of sp³-hybridized carbons (Fsp3) is 0.462. The molecule has 0 aliphatic carbocycles. The summed E-state index contributed by atoms with van der Waals surface area (Å²) >= 11 is 0. The van der Waals surface area contributed by atoms with Crippen molar-refractivity contribution in [1.29, 1.82) is 0 Å². The summed E-state index contributed by atoms with van der Waals surface area (Å²) in [6, 6.07) is 3.65. The third kappa shape index (κ3) is 4.43. The molecule has 4 heteroatoms. The van der Waals surface area contributed by atoms with E-state index in [4.69, 9.17) is 10.5 Å². The Bertz CT molecular complexity index is 391. The third-order valence-corrected chi connectivity index (χ3v) is 2.39. The minimum atomic E-state index is -0.494. The van der Waals surface area contributed by atoms with Crippen molar-refractivity contribution in [2.75, 3.05) is 12.3 Å². The quantitative estimate of drug-likeness (QED) is 0.488. The van der Waals surface area contributed by atoms with E-state index in [1.807, 2.05) is 0 Å². The maximum atomic E-state index is 12.8. The van der Waals surface area contributed by atoms with Gasteiger partial charge < -0.3 is 10.5 Å². The van der Waals surface area contributed by atoms with Crippen molar-refractivity contribution in [2.24, 2.45) is 5.92 Å². The Kier molecular flexibility index (Phi) is 4.94. The first-order chi connectivity index (χ1) is 8.00. The molecule has 0 saturated carbocycles. The predicted octanol–water partition coefficient (Wildman–Crippen LogP) is 3.00. The molecule has 1 aromatic carbocycles. The number of ether oxygens (including phenoxy) is 1. The van der Waals surface area contributed by atoms with E-state index in [0.717, 1.165) is 18.9 Å². The van der Waals surface area contributed by atoms with Gasteiger partial charge in [-0.3, -0.25) is 0 Å². The number of esters is 1. The molecule has 0 aromatic heterocycles. The molecule has 2 N–H and O–H groups in total. The van der Waals surface area contributed by atoms with Gasteiger partial charge in [-0.2, -0.15) is 0 Å². The Hall–Kier alpha value is -1.58. The molecule has 0 fully saturated rings. The average molecular weight is 239 g/mol. The molecule has 0 radical (unpaired) electrons. The largest absolute Gasteiger partial charge is 0.462 e. The first kappa shape index (κ1) is 13.5. The Balaban J connectivity index is 2.47. The highest BCUT2D eigenvalue weighted by Gasteiger charge is 2.11. The molecule has 3 nitrogen and oxygen atoms in total. The summed E-state index contributed by atoms with van der Waals surface area (Å²) in [6.07, 6.45) is 1.83. The Morgan fingerprint density at radius 1 is 1.47 bits per heavy atom. The zero-order valence-corrected chi connectivity index (χ0v) is 10.2. The van der Waals surface area contributed by atoms with Gasteiger partial charge in [-0.25, -0.2) is 9.18 Å². The topological polar surface area (TPSA) is 52.3 Å². The van der Waals surface area contributed by atoms with Gasteiger partial charge in [0, 0.05) is 5.69 Å². The molecule has 0 atom stereocenters. The number of carbonyl (C=O) groups is 1. The number of halogens is 1. The Morgan fingerprint density at radius 3 is 2.76 bits per heavy atom. The summed E-state index contributed by atoms with van der Waals surface area (Å²) in [6.45, 7) is 4.59. The third-order valence-electron chi connectivity index (χ3n) is 2.39. The average Bonchev–Trinajstić information content (AvgIpc) is 2.23. The van der Waals surface area contributed by atoms with Gasteiger partial charge in [0.1, 0.15) is 5.82 Å². The second-order valence-corrected chi connectivity index (χ2v) is 4.40. The van der Waals surface area contributed by atoms with Crippen molar-refractivity contribution in [2.45, 2.75) is 26.7 Å². The van der Waals surface area contributed by atoms with E-state index >= 15 is 0 Å². The summed E-state index contributed by atoms with van der Waals surface area (Å²) in [5, 5.41) is 0. The van der Waals surface area contributed by atoms with Gasteiger partial charge in [0.25, 0.3) is 0 Å². The summed E-state index contributed by atoms with van der Waals surface area (Å²) in [4.78, 5) is 11.6. The van der Waals surface area contributed by atoms with Gasteiger partial charge in [-0.1, -0.05) is 13.8 Å². The number of benzene rings is 1. The Morgan fingerprint density at radius 2 is 2.18 bits per heavy atom. The van der Waals surface area contributed by atoms with E-state index in [9.17, 15) is 9.18 Å². The number of carbonyl (C=O) groups excluding carboxylic acids is 1. The molecular weight excluding hydrogens is 221 g/mol. The maximum absolute atomic E-state index is 12.8. The highest BCUT2D eigenvalue weighted by molar-refractivity contribution is 5.94. The monoisotopic (exact) mass is 239 g/mol. The van der Waals surface area contributed by atoms with Crippen molar-refractivity contribution in [3.05, 3.63) is 29.6 Å². The van der Waals surface area contributed by atoms with Gasteiger partial charge in [0.15, 0.2) is 0 Å². The van der Waals surface area contributed by atoms with E-state index in [-0.39, 0.29) is 11.3 Å². The highest BCUT2D eigenvalue weighted by atomic mass is 19.1. The first-order valence-electron chi connectivity index (χ1n) is 5.73. The van der Waals surface area contributed by atoms with Crippen LogP contribution in [0.5, 0.6) is 0 Å². The molecule has 0 spiro atoms. The van der Waals surface area contributed by atoms with Crippen LogP contribution in [0.4, 0.5) is 10.1 Å². The summed E-state index contributed by atoms with van der Waals surface area (Å²) < 4.78 is 17.8. The second kappa shape index (κ2) is 6.23. The van der Waals surface area contributed by atoms with Crippen molar-refractivity contribution >= 4 is 11.7 Å². The number of hydrogen-bond acceptors (Lipinski definition) is 3. The van der Waals surface area contributed by atoms with Gasteiger partial charge in [0.2, 0.25) is 0 Å². The maximum Gasteiger partial charge on any atom is 0.340 e. The van der Waals surface area contributed by atoms with E-state index in [1.165, 1.54) is 12.1 Å². The number of hydrogen-bond donors (Lipinski definition) is 1. The SMILES string of the molecule is CC(C)CCCOC(=O)c1ccc(F)cc1N. The number of nitrogens with two attached hydrogens (primary N) is 1. The lowest BCUT2D eigenvalue weighted by molar-refractivity contribution is 0.0496. The molecule has 1 aromatic rings. The predicted molar refractivity (Wildman–Crippen MR) is 65.2 cm³/mol. The minimum absolute atomic E-state index is 0.110. The van der Waals surface area contributed by atoms with Crippen LogP contribution < -0.4 is 5.73 Å². The van der Waals surface area contributed by atoms with Crippen molar-refractivity contribution in [1.82, 2.24) is 0 Å². The lowest BCUT2D eigenvalue weighted by atomic mass is 10.1. The molecule has 1 rings (SSSR count). The van der Waals surface area contributed by atoms with Crippen LogP contribution in [-0.4, -0.2) is 12.6 Å². The standard InChI is InChI=1S/C13H18FNO2/c1-9(2)4-3-7-17-13(16)11-6-5-10(14)8-12(11)15/h5-6,8-9H,3-4,7,15H2,1-2H3. The molecule has 0 unspecified atom stereocenters. The fourth-order valence-electron chi connectivity index (χ4n) is 1.45. The number of nitrogen functional groups attached to an aromatic ring is 1. The number of anilines is 1. The molecular formula is C13H18FNO2. The molecule has 0 heterocycles. The van der Waals surface area contributed by atoms with E-state index in [0.29, 0.717) is 12.5 Å². The first-order valence-corrected chi connectivity index (χ1v) is 5.73. The second-order valence-electron chi connectivity index (χ2n) is 4.40. The fourth-order valence-corrected chi connectivity index (χ4v) is 1.45. The van der Waals surface area contributed by atoms with Crippen LogP contribution in [0, 0.1) is 11.7 Å². The molecule has 17 heavy (non-hydrogen) atoms. The molecule has 0 amide bonds. The summed E-state index contributed by atoms with van der Waals surface area (Å²) in [5.74, 6) is -0.366. The molecule has 0 bridgehead atoms. The number of rotatable bonds is 5. The zero-order chi connectivity index (χ0) is 12.8. The summed E-state index contributed by atoms with van der Waals surface area (Å²) in [5.41, 5.74) is 5.86. The van der Waals surface area contributed by atoms with E-state index < -0.39 is 11.8 Å². The lowest BCUT2D eigenvalue weighted by Gasteiger charge is -2.08. The van der Waals surface area contributed by atoms with Crippen LogP contribution in [-0.2, 0) is 4.74 Å². The normalized spacial score (nSPS) is 10.6. The smallest absolute Gasteiger partial charge is 0.340 e. The van der Waals surface area contributed by atoms with Crippen LogP contribution in [0.3, 0.4) is 0 Å². The van der Waals surface area contributed by atoms with Crippen LogP contribution in [0.25, 0.3) is 0 Å². The Labute approximate surface area is 101 Å². The highest BCUT2D eigenvalue weighted by Crippen LogP contribution is 2.15. The summed E-state index contributed by atoms with van der Waals surface area (Å²) in [7, 11) is 0. The van der Waals surface area contributed by atoms with Crippen molar-refractivity contribution < 1.29 is 13.9 Å². The van der Waals surface area contributed by atoms with Crippen LogP contribution >= 0.6 is 0 Å². The van der Waals surface area contributed by atoms with Gasteiger partial charge >= 0.3 is 5.97 Å². The van der Waals surface area contributed by atoms with Gasteiger partial charge in [-0.05, 0) is 37.0 Å². The van der Waals surface area contributed by atoms with Crippen LogP contribution in [0.1, 0.15) is 37.0 Å². The van der Waals surface area contributed by atoms with E-state index in [2.05, 4.69) is 13.8 Å². The molecule has 0 aliphatic heterocycles. The molecule has 94 valence electrons. The van der Waals surface area contributed by atoms with Crippen LogP contribution in [0.15, 0.2) is 18.2 Å². The minimum Gasteiger partial charge on any atom is -0.462 e. The van der Waals surface area contributed by atoms with Crippen molar-refractivity contribution in [3.63, 3.8) is 0 Å². The van der Waals surface area contributed by atoms with Gasteiger partial charge in [0.05, 0.1) is 12.2 Å².